The monoisotopic (exact) mass is 189 g/mol. The summed E-state index contributed by atoms with van der Waals surface area (Å²) in [5, 5.41) is 3.22. The smallest absolute Gasteiger partial charge is 0.235 e. The van der Waals surface area contributed by atoms with Crippen LogP contribution in [0.2, 0.25) is 0 Å². The molecule has 1 aliphatic heterocycles. The van der Waals surface area contributed by atoms with Gasteiger partial charge in [0.05, 0.1) is 6.04 Å². The SMILES string of the molecule is NC(=O)C(N)CNC1CCSC1. The van der Waals surface area contributed by atoms with E-state index in [1.807, 2.05) is 11.8 Å². The van der Waals surface area contributed by atoms with Crippen LogP contribution in [-0.4, -0.2) is 36.0 Å². The summed E-state index contributed by atoms with van der Waals surface area (Å²) in [6.07, 6.45) is 1.16. The molecule has 2 atom stereocenters. The summed E-state index contributed by atoms with van der Waals surface area (Å²) in [5.41, 5.74) is 10.5. The van der Waals surface area contributed by atoms with Gasteiger partial charge in [-0.15, -0.1) is 0 Å². The van der Waals surface area contributed by atoms with Crippen LogP contribution in [0, 0.1) is 0 Å². The summed E-state index contributed by atoms with van der Waals surface area (Å²) in [5.74, 6) is 1.88. The number of rotatable bonds is 4. The third-order valence-electron chi connectivity index (χ3n) is 1.92. The summed E-state index contributed by atoms with van der Waals surface area (Å²) in [4.78, 5) is 10.6. The highest BCUT2D eigenvalue weighted by Gasteiger charge is 2.16. The maximum absolute atomic E-state index is 10.6. The first-order valence-electron chi connectivity index (χ1n) is 4.06. The molecule has 0 aliphatic carbocycles. The summed E-state index contributed by atoms with van der Waals surface area (Å²) >= 11 is 1.92. The first kappa shape index (κ1) is 9.83. The van der Waals surface area contributed by atoms with E-state index in [9.17, 15) is 4.79 Å². The summed E-state index contributed by atoms with van der Waals surface area (Å²) in [6, 6.07) is -0.0315. The molecule has 1 heterocycles. The van der Waals surface area contributed by atoms with Crippen molar-refractivity contribution < 1.29 is 4.79 Å². The van der Waals surface area contributed by atoms with E-state index < -0.39 is 11.9 Å². The van der Waals surface area contributed by atoms with Crippen molar-refractivity contribution in [1.82, 2.24) is 5.32 Å². The fourth-order valence-corrected chi connectivity index (χ4v) is 2.28. The molecule has 5 N–H and O–H groups in total. The number of thioether (sulfide) groups is 1. The lowest BCUT2D eigenvalue weighted by Gasteiger charge is -2.13. The molecule has 1 aliphatic rings. The van der Waals surface area contributed by atoms with Crippen LogP contribution in [-0.2, 0) is 4.79 Å². The van der Waals surface area contributed by atoms with Crippen LogP contribution in [0.25, 0.3) is 0 Å². The van der Waals surface area contributed by atoms with E-state index in [-0.39, 0.29) is 0 Å². The molecular weight excluding hydrogens is 174 g/mol. The molecule has 0 saturated carbocycles. The second kappa shape index (κ2) is 4.69. The average molecular weight is 189 g/mol. The number of hydrogen-bond acceptors (Lipinski definition) is 4. The Hall–Kier alpha value is -0.260. The Balaban J connectivity index is 2.11. The number of hydrogen-bond donors (Lipinski definition) is 3. The van der Waals surface area contributed by atoms with Gasteiger partial charge in [0.15, 0.2) is 0 Å². The van der Waals surface area contributed by atoms with Crippen LogP contribution in [0.5, 0.6) is 0 Å². The number of nitrogens with two attached hydrogens (primary N) is 2. The topological polar surface area (TPSA) is 81.1 Å². The van der Waals surface area contributed by atoms with E-state index in [2.05, 4.69) is 5.32 Å². The normalized spacial score (nSPS) is 25.6. The van der Waals surface area contributed by atoms with E-state index in [4.69, 9.17) is 11.5 Å². The molecule has 4 nitrogen and oxygen atoms in total. The van der Waals surface area contributed by atoms with Crippen molar-refractivity contribution in [2.75, 3.05) is 18.1 Å². The predicted molar refractivity (Wildman–Crippen MR) is 50.9 cm³/mol. The third-order valence-corrected chi connectivity index (χ3v) is 3.08. The average Bonchev–Trinajstić information content (AvgIpc) is 2.51. The minimum atomic E-state index is -0.546. The summed E-state index contributed by atoms with van der Waals surface area (Å²) in [6.45, 7) is 0.501. The van der Waals surface area contributed by atoms with E-state index >= 15 is 0 Å². The zero-order chi connectivity index (χ0) is 8.97. The van der Waals surface area contributed by atoms with Gasteiger partial charge >= 0.3 is 0 Å². The van der Waals surface area contributed by atoms with Crippen molar-refractivity contribution in [1.29, 1.82) is 0 Å². The zero-order valence-electron chi connectivity index (χ0n) is 6.95. The molecule has 1 saturated heterocycles. The van der Waals surface area contributed by atoms with Gasteiger partial charge in [-0.3, -0.25) is 4.79 Å². The third kappa shape index (κ3) is 3.00. The van der Waals surface area contributed by atoms with Gasteiger partial charge < -0.3 is 16.8 Å². The molecule has 0 aromatic carbocycles. The van der Waals surface area contributed by atoms with E-state index in [1.54, 1.807) is 0 Å². The van der Waals surface area contributed by atoms with E-state index in [1.165, 1.54) is 5.75 Å². The van der Waals surface area contributed by atoms with Crippen LogP contribution in [0.4, 0.5) is 0 Å². The van der Waals surface area contributed by atoms with Crippen LogP contribution in [0.3, 0.4) is 0 Å². The standard InChI is InChI=1S/C7H15N3OS/c8-6(7(9)11)3-10-5-1-2-12-4-5/h5-6,10H,1-4,8H2,(H2,9,11). The fraction of sp³-hybridized carbons (Fsp3) is 0.857. The lowest BCUT2D eigenvalue weighted by atomic mass is 10.2. The van der Waals surface area contributed by atoms with E-state index in [0.717, 1.165) is 12.2 Å². The molecule has 0 radical (unpaired) electrons. The fourth-order valence-electron chi connectivity index (χ4n) is 1.09. The molecular formula is C7H15N3OS. The van der Waals surface area contributed by atoms with Crippen LogP contribution in [0.15, 0.2) is 0 Å². The number of primary amides is 1. The van der Waals surface area contributed by atoms with Gasteiger partial charge in [0, 0.05) is 18.3 Å². The highest BCUT2D eigenvalue weighted by Crippen LogP contribution is 2.16. The molecule has 0 spiro atoms. The Labute approximate surface area is 76.4 Å². The van der Waals surface area contributed by atoms with Crippen molar-refractivity contribution in [3.63, 3.8) is 0 Å². The number of carbonyl (C=O) groups is 1. The second-order valence-corrected chi connectivity index (χ2v) is 4.13. The van der Waals surface area contributed by atoms with Gasteiger partial charge in [-0.1, -0.05) is 0 Å². The van der Waals surface area contributed by atoms with Crippen molar-refractivity contribution in [3.8, 4) is 0 Å². The van der Waals surface area contributed by atoms with Gasteiger partial charge in [-0.25, -0.2) is 0 Å². The quantitative estimate of drug-likeness (QED) is 0.524. The molecule has 1 fully saturated rings. The van der Waals surface area contributed by atoms with Gasteiger partial charge in [-0.05, 0) is 12.2 Å². The van der Waals surface area contributed by atoms with Crippen LogP contribution >= 0.6 is 11.8 Å². The molecule has 1 rings (SSSR count). The minimum Gasteiger partial charge on any atom is -0.368 e. The Bertz CT molecular complexity index is 159. The van der Waals surface area contributed by atoms with Crippen LogP contribution < -0.4 is 16.8 Å². The molecule has 1 amide bonds. The first-order valence-corrected chi connectivity index (χ1v) is 5.21. The number of carbonyl (C=O) groups excluding carboxylic acids is 1. The molecule has 0 aromatic rings. The lowest BCUT2D eigenvalue weighted by Crippen LogP contribution is -2.46. The maximum atomic E-state index is 10.6. The van der Waals surface area contributed by atoms with Crippen molar-refractivity contribution in [2.45, 2.75) is 18.5 Å². The van der Waals surface area contributed by atoms with E-state index in [0.29, 0.717) is 12.6 Å². The zero-order valence-corrected chi connectivity index (χ0v) is 7.77. The molecule has 0 aromatic heterocycles. The Morgan fingerprint density at radius 2 is 2.50 bits per heavy atom. The maximum Gasteiger partial charge on any atom is 0.235 e. The molecule has 12 heavy (non-hydrogen) atoms. The molecule has 70 valence electrons. The first-order chi connectivity index (χ1) is 5.70. The summed E-state index contributed by atoms with van der Waals surface area (Å²) in [7, 11) is 0. The Morgan fingerprint density at radius 1 is 1.75 bits per heavy atom. The van der Waals surface area contributed by atoms with Crippen molar-refractivity contribution >= 4 is 17.7 Å². The highest BCUT2D eigenvalue weighted by atomic mass is 32.2. The lowest BCUT2D eigenvalue weighted by molar-refractivity contribution is -0.119. The largest absolute Gasteiger partial charge is 0.368 e. The molecule has 0 bridgehead atoms. The van der Waals surface area contributed by atoms with Gasteiger partial charge in [0.1, 0.15) is 0 Å². The number of amides is 1. The molecule has 5 heteroatoms. The summed E-state index contributed by atoms with van der Waals surface area (Å²) < 4.78 is 0. The van der Waals surface area contributed by atoms with Gasteiger partial charge in [-0.2, -0.15) is 11.8 Å². The highest BCUT2D eigenvalue weighted by molar-refractivity contribution is 7.99. The van der Waals surface area contributed by atoms with Crippen LogP contribution in [0.1, 0.15) is 6.42 Å². The van der Waals surface area contributed by atoms with Crippen molar-refractivity contribution in [2.24, 2.45) is 11.5 Å². The minimum absolute atomic E-state index is 0.437. The predicted octanol–water partition coefficient (Wildman–Crippen LogP) is -1.11. The van der Waals surface area contributed by atoms with Gasteiger partial charge in [0.25, 0.3) is 0 Å². The van der Waals surface area contributed by atoms with Gasteiger partial charge in [0.2, 0.25) is 5.91 Å². The number of nitrogens with one attached hydrogen (secondary N) is 1. The van der Waals surface area contributed by atoms with Crippen molar-refractivity contribution in [3.05, 3.63) is 0 Å². The second-order valence-electron chi connectivity index (χ2n) is 2.98. The Morgan fingerprint density at radius 3 is 3.00 bits per heavy atom. The Kier molecular flexibility index (Phi) is 3.84. The molecule has 2 unspecified atom stereocenters.